The normalized spacial score (nSPS) is 10.2. The lowest BCUT2D eigenvalue weighted by Gasteiger charge is -2.15. The van der Waals surface area contributed by atoms with Gasteiger partial charge in [-0.05, 0) is 36.8 Å². The minimum Gasteiger partial charge on any atom is -0.497 e. The largest absolute Gasteiger partial charge is 0.497 e. The van der Waals surface area contributed by atoms with Gasteiger partial charge in [-0.2, -0.15) is 0 Å². The summed E-state index contributed by atoms with van der Waals surface area (Å²) in [7, 11) is 4.73. The number of halogens is 1. The van der Waals surface area contributed by atoms with Crippen molar-refractivity contribution < 1.29 is 23.7 Å². The molecule has 7 heteroatoms. The summed E-state index contributed by atoms with van der Waals surface area (Å²) in [5.41, 5.74) is 0.877. The molecule has 0 aliphatic heterocycles. The van der Waals surface area contributed by atoms with Crippen molar-refractivity contribution in [2.24, 2.45) is 0 Å². The molecule has 0 unspecified atom stereocenters. The first kappa shape index (κ1) is 19.7. The van der Waals surface area contributed by atoms with E-state index in [9.17, 15) is 4.79 Å². The fourth-order valence-electron chi connectivity index (χ4n) is 2.39. The highest BCUT2D eigenvalue weighted by molar-refractivity contribution is 6.30. The molecule has 0 radical (unpaired) electrons. The lowest BCUT2D eigenvalue weighted by molar-refractivity contribution is -0.123. The smallest absolute Gasteiger partial charge is 0.257 e. The molecule has 2 aromatic rings. The van der Waals surface area contributed by atoms with Crippen molar-refractivity contribution in [3.05, 3.63) is 47.0 Å². The van der Waals surface area contributed by atoms with Gasteiger partial charge in [0.05, 0.1) is 21.3 Å². The highest BCUT2D eigenvalue weighted by Crippen LogP contribution is 2.35. The van der Waals surface area contributed by atoms with Crippen molar-refractivity contribution in [2.75, 3.05) is 34.5 Å². The van der Waals surface area contributed by atoms with Gasteiger partial charge in [-0.15, -0.1) is 0 Å². The quantitative estimate of drug-likeness (QED) is 0.725. The summed E-state index contributed by atoms with van der Waals surface area (Å²) in [6.45, 7) is 0.357. The SMILES string of the molecule is COc1cc(CCNC(=O)COc2ccc(Cl)cc2)c(OC)c(OC)c1. The number of nitrogens with one attached hydrogen (secondary N) is 1. The average Bonchev–Trinajstić information content (AvgIpc) is 2.66. The molecule has 1 amide bonds. The van der Waals surface area contributed by atoms with E-state index in [1.165, 1.54) is 0 Å². The molecular weight excluding hydrogens is 358 g/mol. The zero-order valence-corrected chi connectivity index (χ0v) is 15.8. The van der Waals surface area contributed by atoms with Crippen molar-refractivity contribution in [3.8, 4) is 23.0 Å². The zero-order valence-electron chi connectivity index (χ0n) is 15.0. The summed E-state index contributed by atoms with van der Waals surface area (Å²) in [6.07, 6.45) is 0.559. The van der Waals surface area contributed by atoms with Gasteiger partial charge >= 0.3 is 0 Å². The molecule has 0 aromatic heterocycles. The maximum atomic E-state index is 11.9. The van der Waals surface area contributed by atoms with E-state index in [4.69, 9.17) is 30.5 Å². The van der Waals surface area contributed by atoms with Gasteiger partial charge < -0.3 is 24.3 Å². The predicted molar refractivity (Wildman–Crippen MR) is 99.8 cm³/mol. The van der Waals surface area contributed by atoms with Crippen molar-refractivity contribution in [1.82, 2.24) is 5.32 Å². The second-order valence-corrected chi connectivity index (χ2v) is 5.80. The number of hydrogen-bond acceptors (Lipinski definition) is 5. The first-order chi connectivity index (χ1) is 12.6. The van der Waals surface area contributed by atoms with E-state index < -0.39 is 0 Å². The van der Waals surface area contributed by atoms with Crippen molar-refractivity contribution in [2.45, 2.75) is 6.42 Å². The highest BCUT2D eigenvalue weighted by atomic mass is 35.5. The Morgan fingerprint density at radius 1 is 1.00 bits per heavy atom. The van der Waals surface area contributed by atoms with Gasteiger partial charge in [0.1, 0.15) is 11.5 Å². The molecule has 0 atom stereocenters. The summed E-state index contributed by atoms with van der Waals surface area (Å²) in [4.78, 5) is 11.9. The Bertz CT molecular complexity index is 733. The number of methoxy groups -OCH3 is 3. The Hall–Kier alpha value is -2.60. The summed E-state index contributed by atoms with van der Waals surface area (Å²) in [5, 5.41) is 3.43. The van der Waals surface area contributed by atoms with Crippen LogP contribution in [0.15, 0.2) is 36.4 Å². The van der Waals surface area contributed by atoms with Crippen LogP contribution in [0.5, 0.6) is 23.0 Å². The van der Waals surface area contributed by atoms with E-state index in [2.05, 4.69) is 5.32 Å². The van der Waals surface area contributed by atoms with E-state index in [0.717, 1.165) is 5.56 Å². The van der Waals surface area contributed by atoms with Crippen LogP contribution in [0.4, 0.5) is 0 Å². The molecule has 6 nitrogen and oxygen atoms in total. The van der Waals surface area contributed by atoms with Gasteiger partial charge in [-0.1, -0.05) is 11.6 Å². The zero-order chi connectivity index (χ0) is 18.9. The number of benzene rings is 2. The minimum absolute atomic E-state index is 0.0692. The minimum atomic E-state index is -0.214. The maximum absolute atomic E-state index is 11.9. The number of carbonyl (C=O) groups excluding carboxylic acids is 1. The first-order valence-corrected chi connectivity index (χ1v) is 8.39. The second kappa shape index (κ2) is 9.77. The predicted octanol–water partition coefficient (Wildman–Crippen LogP) is 3.10. The molecule has 0 bridgehead atoms. The summed E-state index contributed by atoms with van der Waals surface area (Å²) >= 11 is 5.81. The molecule has 0 aliphatic carbocycles. The van der Waals surface area contributed by atoms with Crippen LogP contribution in [-0.2, 0) is 11.2 Å². The molecule has 0 aliphatic rings. The lowest BCUT2D eigenvalue weighted by atomic mass is 10.1. The van der Waals surface area contributed by atoms with Crippen LogP contribution in [0, 0.1) is 0 Å². The molecule has 140 valence electrons. The number of rotatable bonds is 9. The maximum Gasteiger partial charge on any atom is 0.257 e. The van der Waals surface area contributed by atoms with Crippen LogP contribution >= 0.6 is 11.6 Å². The highest BCUT2D eigenvalue weighted by Gasteiger charge is 2.13. The average molecular weight is 380 g/mol. The summed E-state index contributed by atoms with van der Waals surface area (Å²) in [6, 6.07) is 10.4. The molecule has 2 rings (SSSR count). The van der Waals surface area contributed by atoms with Gasteiger partial charge in [0.15, 0.2) is 18.1 Å². The third-order valence-electron chi connectivity index (χ3n) is 3.67. The molecule has 0 heterocycles. The Labute approximate surface area is 158 Å². The molecule has 0 fully saturated rings. The van der Waals surface area contributed by atoms with Crippen LogP contribution in [0.25, 0.3) is 0 Å². The van der Waals surface area contributed by atoms with Crippen LogP contribution in [0.3, 0.4) is 0 Å². The Morgan fingerprint density at radius 2 is 1.73 bits per heavy atom. The van der Waals surface area contributed by atoms with E-state index in [0.29, 0.717) is 41.0 Å². The molecule has 0 saturated heterocycles. The summed E-state index contributed by atoms with van der Waals surface area (Å²) in [5.74, 6) is 2.24. The fourth-order valence-corrected chi connectivity index (χ4v) is 2.51. The van der Waals surface area contributed by atoms with Gasteiger partial charge in [0.25, 0.3) is 5.91 Å². The van der Waals surface area contributed by atoms with Crippen LogP contribution in [0.2, 0.25) is 5.02 Å². The topological polar surface area (TPSA) is 66.0 Å². The third kappa shape index (κ3) is 5.46. The van der Waals surface area contributed by atoms with Gasteiger partial charge in [0.2, 0.25) is 0 Å². The van der Waals surface area contributed by atoms with Crippen molar-refractivity contribution >= 4 is 17.5 Å². The van der Waals surface area contributed by atoms with Gasteiger partial charge in [-0.25, -0.2) is 0 Å². The lowest BCUT2D eigenvalue weighted by Crippen LogP contribution is -2.30. The second-order valence-electron chi connectivity index (χ2n) is 5.36. The molecule has 0 saturated carbocycles. The van der Waals surface area contributed by atoms with Crippen LogP contribution in [-0.4, -0.2) is 40.4 Å². The third-order valence-corrected chi connectivity index (χ3v) is 3.92. The standard InChI is InChI=1S/C19H22ClNO5/c1-23-16-10-13(19(25-3)17(11-16)24-2)8-9-21-18(22)12-26-15-6-4-14(20)5-7-15/h4-7,10-11H,8-9,12H2,1-3H3,(H,21,22). The van der Waals surface area contributed by atoms with E-state index in [1.54, 1.807) is 51.7 Å². The monoisotopic (exact) mass is 379 g/mol. The van der Waals surface area contributed by atoms with E-state index in [1.807, 2.05) is 6.07 Å². The molecule has 1 N–H and O–H groups in total. The van der Waals surface area contributed by atoms with Crippen molar-refractivity contribution in [3.63, 3.8) is 0 Å². The molecule has 2 aromatic carbocycles. The Morgan fingerprint density at radius 3 is 2.35 bits per heavy atom. The van der Waals surface area contributed by atoms with Gasteiger partial charge in [-0.3, -0.25) is 4.79 Å². The Kier molecular flexibility index (Phi) is 7.41. The number of ether oxygens (including phenoxy) is 4. The van der Waals surface area contributed by atoms with E-state index >= 15 is 0 Å². The van der Waals surface area contributed by atoms with Crippen LogP contribution < -0.4 is 24.3 Å². The Balaban J connectivity index is 1.88. The van der Waals surface area contributed by atoms with Crippen LogP contribution in [0.1, 0.15) is 5.56 Å². The number of carbonyl (C=O) groups is 1. The van der Waals surface area contributed by atoms with Crippen molar-refractivity contribution in [1.29, 1.82) is 0 Å². The first-order valence-electron chi connectivity index (χ1n) is 8.01. The number of amides is 1. The van der Waals surface area contributed by atoms with E-state index in [-0.39, 0.29) is 12.5 Å². The fraction of sp³-hybridized carbons (Fsp3) is 0.316. The molecule has 0 spiro atoms. The number of hydrogen-bond donors (Lipinski definition) is 1. The summed E-state index contributed by atoms with van der Waals surface area (Å²) < 4.78 is 21.4. The molecular formula is C19H22ClNO5. The van der Waals surface area contributed by atoms with Gasteiger partial charge in [0, 0.05) is 23.2 Å². The molecule has 26 heavy (non-hydrogen) atoms.